The van der Waals surface area contributed by atoms with Crippen LogP contribution in [0.25, 0.3) is 6.08 Å². The molecule has 0 aliphatic rings. The lowest BCUT2D eigenvalue weighted by atomic mass is 10.2. The Kier molecular flexibility index (Phi) is 5.84. The molecule has 0 atom stereocenters. The summed E-state index contributed by atoms with van der Waals surface area (Å²) in [6.45, 7) is -0.103. The third-order valence-electron chi connectivity index (χ3n) is 2.77. The first kappa shape index (κ1) is 17.1. The number of hydrogen-bond acceptors (Lipinski definition) is 5. The second-order valence-electron chi connectivity index (χ2n) is 4.36. The van der Waals surface area contributed by atoms with E-state index < -0.39 is 11.9 Å². The second-order valence-corrected chi connectivity index (χ2v) is 5.21. The van der Waals surface area contributed by atoms with E-state index in [1.54, 1.807) is 18.2 Å². The van der Waals surface area contributed by atoms with Crippen LogP contribution in [0.4, 0.5) is 0 Å². The zero-order valence-electron chi connectivity index (χ0n) is 12.0. The summed E-state index contributed by atoms with van der Waals surface area (Å²) in [5.41, 5.74) is 0.638. The molecular weight excluding hydrogens is 343 g/mol. The average molecular weight is 355 g/mol. The smallest absolute Gasteiger partial charge is 0.373 e. The number of benzene rings is 1. The Balaban J connectivity index is 1.91. The van der Waals surface area contributed by atoms with Crippen molar-refractivity contribution in [1.82, 2.24) is 0 Å². The van der Waals surface area contributed by atoms with Crippen LogP contribution in [0.5, 0.6) is 0 Å². The summed E-state index contributed by atoms with van der Waals surface area (Å²) in [5.74, 6) is -0.800. The summed E-state index contributed by atoms with van der Waals surface area (Å²) < 4.78 is 14.7. The fourth-order valence-electron chi connectivity index (χ4n) is 1.65. The normalized spacial score (nSPS) is 10.7. The lowest BCUT2D eigenvalue weighted by Gasteiger charge is -2.00. The van der Waals surface area contributed by atoms with Gasteiger partial charge in [-0.1, -0.05) is 29.3 Å². The molecule has 23 heavy (non-hydrogen) atoms. The van der Waals surface area contributed by atoms with Crippen LogP contribution in [-0.2, 0) is 20.9 Å². The number of ether oxygens (including phenoxy) is 2. The van der Waals surface area contributed by atoms with Gasteiger partial charge in [0, 0.05) is 16.1 Å². The van der Waals surface area contributed by atoms with Gasteiger partial charge in [0.05, 0.1) is 7.11 Å². The first-order chi connectivity index (χ1) is 11.0. The fourth-order valence-corrected chi connectivity index (χ4v) is 2.12. The van der Waals surface area contributed by atoms with Gasteiger partial charge >= 0.3 is 11.9 Å². The molecule has 2 rings (SSSR count). The molecule has 0 spiro atoms. The topological polar surface area (TPSA) is 65.7 Å². The first-order valence-corrected chi connectivity index (χ1v) is 7.22. The van der Waals surface area contributed by atoms with Crippen molar-refractivity contribution in [3.8, 4) is 0 Å². The molecule has 7 heteroatoms. The molecule has 0 bridgehead atoms. The first-order valence-electron chi connectivity index (χ1n) is 6.46. The molecule has 1 aromatic carbocycles. The molecule has 0 unspecified atom stereocenters. The molecule has 0 amide bonds. The van der Waals surface area contributed by atoms with E-state index in [2.05, 4.69) is 4.74 Å². The minimum absolute atomic E-state index is 0.0436. The maximum absolute atomic E-state index is 11.7. The number of furan rings is 1. The van der Waals surface area contributed by atoms with Gasteiger partial charge in [-0.3, -0.25) is 0 Å². The van der Waals surface area contributed by atoms with Gasteiger partial charge in [-0.15, -0.1) is 0 Å². The number of carbonyl (C=O) groups excluding carboxylic acids is 2. The second kappa shape index (κ2) is 7.85. The van der Waals surface area contributed by atoms with Crippen molar-refractivity contribution in [3.05, 3.63) is 63.5 Å². The Hall–Kier alpha value is -2.24. The minimum Gasteiger partial charge on any atom is -0.463 e. The molecule has 5 nitrogen and oxygen atoms in total. The third-order valence-corrected chi connectivity index (χ3v) is 3.33. The Labute approximate surface area is 142 Å². The fraction of sp³-hybridized carbons (Fsp3) is 0.125. The molecule has 1 heterocycles. The Morgan fingerprint density at radius 3 is 2.70 bits per heavy atom. The van der Waals surface area contributed by atoms with Crippen molar-refractivity contribution in [2.24, 2.45) is 0 Å². The minimum atomic E-state index is -0.597. The third kappa shape index (κ3) is 4.87. The van der Waals surface area contributed by atoms with Crippen molar-refractivity contribution in [1.29, 1.82) is 0 Å². The average Bonchev–Trinajstić information content (AvgIpc) is 3.00. The summed E-state index contributed by atoms with van der Waals surface area (Å²) in [6.07, 6.45) is 2.75. The van der Waals surface area contributed by atoms with Gasteiger partial charge < -0.3 is 13.9 Å². The summed E-state index contributed by atoms with van der Waals surface area (Å²) in [4.78, 5) is 22.9. The van der Waals surface area contributed by atoms with Crippen LogP contribution in [-0.4, -0.2) is 19.0 Å². The van der Waals surface area contributed by atoms with E-state index in [0.29, 0.717) is 21.4 Å². The molecule has 0 aliphatic carbocycles. The van der Waals surface area contributed by atoms with Crippen molar-refractivity contribution in [3.63, 3.8) is 0 Å². The largest absolute Gasteiger partial charge is 0.463 e. The number of carbonyl (C=O) groups is 2. The molecule has 2 aromatic rings. The molecule has 1 aromatic heterocycles. The monoisotopic (exact) mass is 354 g/mol. The van der Waals surface area contributed by atoms with Crippen LogP contribution < -0.4 is 0 Å². The van der Waals surface area contributed by atoms with E-state index >= 15 is 0 Å². The summed E-state index contributed by atoms with van der Waals surface area (Å²) in [7, 11) is 1.25. The Morgan fingerprint density at radius 2 is 2.00 bits per heavy atom. The number of rotatable bonds is 5. The maximum atomic E-state index is 11.7. The van der Waals surface area contributed by atoms with Gasteiger partial charge in [0.25, 0.3) is 0 Å². The lowest BCUT2D eigenvalue weighted by molar-refractivity contribution is -0.139. The Bertz CT molecular complexity index is 749. The van der Waals surface area contributed by atoms with E-state index in [9.17, 15) is 9.59 Å². The van der Waals surface area contributed by atoms with Crippen molar-refractivity contribution >= 4 is 41.2 Å². The summed E-state index contributed by atoms with van der Waals surface area (Å²) >= 11 is 11.8. The highest BCUT2D eigenvalue weighted by molar-refractivity contribution is 6.35. The number of esters is 2. The van der Waals surface area contributed by atoms with Crippen LogP contribution in [0.15, 0.2) is 40.8 Å². The van der Waals surface area contributed by atoms with Gasteiger partial charge in [-0.05, 0) is 35.9 Å². The van der Waals surface area contributed by atoms with E-state index in [-0.39, 0.29) is 12.4 Å². The molecule has 0 radical (unpaired) electrons. The van der Waals surface area contributed by atoms with Crippen molar-refractivity contribution in [2.75, 3.05) is 7.11 Å². The van der Waals surface area contributed by atoms with Gasteiger partial charge in [0.2, 0.25) is 5.76 Å². The zero-order valence-corrected chi connectivity index (χ0v) is 13.6. The molecule has 0 saturated heterocycles. The van der Waals surface area contributed by atoms with Gasteiger partial charge in [0.15, 0.2) is 0 Å². The van der Waals surface area contributed by atoms with Crippen LogP contribution in [0.3, 0.4) is 0 Å². The van der Waals surface area contributed by atoms with Gasteiger partial charge in [-0.2, -0.15) is 0 Å². The van der Waals surface area contributed by atoms with E-state index in [1.807, 2.05) is 0 Å². The maximum Gasteiger partial charge on any atom is 0.373 e. The Morgan fingerprint density at radius 1 is 1.22 bits per heavy atom. The highest BCUT2D eigenvalue weighted by Crippen LogP contribution is 2.22. The highest BCUT2D eigenvalue weighted by Gasteiger charge is 2.11. The van der Waals surface area contributed by atoms with Crippen LogP contribution in [0.1, 0.15) is 21.9 Å². The highest BCUT2D eigenvalue weighted by atomic mass is 35.5. The zero-order chi connectivity index (χ0) is 16.8. The van der Waals surface area contributed by atoms with E-state index in [0.717, 1.165) is 0 Å². The molecular formula is C16H12Cl2O5. The van der Waals surface area contributed by atoms with E-state index in [1.165, 1.54) is 31.4 Å². The van der Waals surface area contributed by atoms with Crippen LogP contribution >= 0.6 is 23.2 Å². The summed E-state index contributed by atoms with van der Waals surface area (Å²) in [6, 6.07) is 7.89. The van der Waals surface area contributed by atoms with Gasteiger partial charge in [-0.25, -0.2) is 9.59 Å². The van der Waals surface area contributed by atoms with Crippen molar-refractivity contribution in [2.45, 2.75) is 6.61 Å². The number of methoxy groups -OCH3 is 1. The molecule has 0 N–H and O–H groups in total. The van der Waals surface area contributed by atoms with Crippen molar-refractivity contribution < 1.29 is 23.5 Å². The predicted molar refractivity (Wildman–Crippen MR) is 85.3 cm³/mol. The SMILES string of the molecule is COC(=O)c1ccc(COC(=O)/C=C/c2ccc(Cl)cc2Cl)o1. The molecule has 120 valence electrons. The molecule has 0 aliphatic heterocycles. The van der Waals surface area contributed by atoms with E-state index in [4.69, 9.17) is 32.4 Å². The number of halogens is 2. The van der Waals surface area contributed by atoms with Crippen LogP contribution in [0.2, 0.25) is 10.0 Å². The van der Waals surface area contributed by atoms with Gasteiger partial charge in [0.1, 0.15) is 12.4 Å². The molecule has 0 fully saturated rings. The lowest BCUT2D eigenvalue weighted by Crippen LogP contribution is -2.01. The van der Waals surface area contributed by atoms with Crippen LogP contribution in [0, 0.1) is 0 Å². The standard InChI is InChI=1S/C16H12Cl2O5/c1-21-16(20)14-6-5-12(23-14)9-22-15(19)7-3-10-2-4-11(17)8-13(10)18/h2-8H,9H2,1H3/b7-3+. The quantitative estimate of drug-likeness (QED) is 0.596. The number of hydrogen-bond donors (Lipinski definition) is 0. The molecule has 0 saturated carbocycles. The summed E-state index contributed by atoms with van der Waals surface area (Å²) in [5, 5.41) is 0.935. The predicted octanol–water partition coefficient (Wildman–Crippen LogP) is 4.13.